The molecule has 0 spiro atoms. The summed E-state index contributed by atoms with van der Waals surface area (Å²) in [5.74, 6) is 0. The molecule has 112 valence electrons. The van der Waals surface area contributed by atoms with Crippen molar-refractivity contribution in [2.75, 3.05) is 11.9 Å². The van der Waals surface area contributed by atoms with Gasteiger partial charge in [-0.1, -0.05) is 48.6 Å². The molecule has 2 rings (SSSR count). The first-order chi connectivity index (χ1) is 10.2. The highest BCUT2D eigenvalue weighted by Gasteiger charge is 2.15. The first-order valence-corrected chi connectivity index (χ1v) is 7.60. The molecule has 0 bridgehead atoms. The Morgan fingerprint density at radius 2 is 2.10 bits per heavy atom. The molecule has 0 fully saturated rings. The standard InChI is InChI=1S/C14H18N4O2S/c1-2-12-17-18-14(21-12)16-13(20)15-11(8-9-19)10-6-4-3-5-7-10/h3-7,11,19H,2,8-9H2,1H3,(H2,15,16,18,20)/t11-/m1/s1. The van der Waals surface area contributed by atoms with Gasteiger partial charge in [0, 0.05) is 6.61 Å². The van der Waals surface area contributed by atoms with Crippen LogP contribution in [0.3, 0.4) is 0 Å². The Kier molecular flexibility index (Phi) is 5.65. The Labute approximate surface area is 127 Å². The molecular weight excluding hydrogens is 288 g/mol. The summed E-state index contributed by atoms with van der Waals surface area (Å²) in [7, 11) is 0. The smallest absolute Gasteiger partial charge is 0.321 e. The number of hydrogen-bond donors (Lipinski definition) is 3. The SMILES string of the molecule is CCc1nnc(NC(=O)N[C@H](CCO)c2ccccc2)s1. The van der Waals surface area contributed by atoms with Crippen LogP contribution in [0, 0.1) is 0 Å². The predicted octanol–water partition coefficient (Wildman–Crippen LogP) is 2.35. The van der Waals surface area contributed by atoms with E-state index in [9.17, 15) is 4.79 Å². The van der Waals surface area contributed by atoms with E-state index in [1.54, 1.807) is 0 Å². The lowest BCUT2D eigenvalue weighted by atomic mass is 10.0. The zero-order chi connectivity index (χ0) is 15.1. The number of aliphatic hydroxyl groups excluding tert-OH is 1. The van der Waals surface area contributed by atoms with Gasteiger partial charge in [-0.05, 0) is 18.4 Å². The minimum atomic E-state index is -0.351. The number of amides is 2. The Balaban J connectivity index is 1.98. The first-order valence-electron chi connectivity index (χ1n) is 6.78. The molecule has 0 saturated carbocycles. The summed E-state index contributed by atoms with van der Waals surface area (Å²) in [5.41, 5.74) is 0.952. The molecule has 1 aromatic heterocycles. The van der Waals surface area contributed by atoms with Gasteiger partial charge in [0.05, 0.1) is 6.04 Å². The molecule has 6 nitrogen and oxygen atoms in total. The van der Waals surface area contributed by atoms with Crippen molar-refractivity contribution in [2.45, 2.75) is 25.8 Å². The third-order valence-electron chi connectivity index (χ3n) is 2.91. The maximum Gasteiger partial charge on any atom is 0.321 e. The monoisotopic (exact) mass is 306 g/mol. The highest BCUT2D eigenvalue weighted by Crippen LogP contribution is 2.18. The molecular formula is C14H18N4O2S. The number of urea groups is 1. The van der Waals surface area contributed by atoms with E-state index in [0.717, 1.165) is 17.0 Å². The zero-order valence-electron chi connectivity index (χ0n) is 11.7. The number of benzene rings is 1. The van der Waals surface area contributed by atoms with Crippen LogP contribution in [0.2, 0.25) is 0 Å². The van der Waals surface area contributed by atoms with Crippen molar-refractivity contribution in [1.29, 1.82) is 0 Å². The van der Waals surface area contributed by atoms with E-state index in [-0.39, 0.29) is 18.7 Å². The summed E-state index contributed by atoms with van der Waals surface area (Å²) in [4.78, 5) is 12.0. The minimum Gasteiger partial charge on any atom is -0.396 e. The first kappa shape index (κ1) is 15.4. The van der Waals surface area contributed by atoms with Gasteiger partial charge in [-0.2, -0.15) is 0 Å². The van der Waals surface area contributed by atoms with Gasteiger partial charge < -0.3 is 10.4 Å². The van der Waals surface area contributed by atoms with E-state index in [1.165, 1.54) is 11.3 Å². The third-order valence-corrected chi connectivity index (χ3v) is 3.90. The maximum atomic E-state index is 12.0. The molecule has 0 saturated heterocycles. The number of aromatic nitrogens is 2. The molecule has 0 aliphatic rings. The van der Waals surface area contributed by atoms with Crippen LogP contribution < -0.4 is 10.6 Å². The summed E-state index contributed by atoms with van der Waals surface area (Å²) < 4.78 is 0. The normalized spacial score (nSPS) is 11.9. The molecule has 7 heteroatoms. The molecule has 0 unspecified atom stereocenters. The Morgan fingerprint density at radius 1 is 1.33 bits per heavy atom. The van der Waals surface area contributed by atoms with Crippen molar-refractivity contribution in [3.05, 3.63) is 40.9 Å². The van der Waals surface area contributed by atoms with Crippen molar-refractivity contribution in [1.82, 2.24) is 15.5 Å². The van der Waals surface area contributed by atoms with Crippen molar-refractivity contribution in [3.63, 3.8) is 0 Å². The molecule has 1 heterocycles. The van der Waals surface area contributed by atoms with E-state index in [4.69, 9.17) is 5.11 Å². The molecule has 3 N–H and O–H groups in total. The molecule has 1 aromatic carbocycles. The third kappa shape index (κ3) is 4.51. The van der Waals surface area contributed by atoms with Crippen molar-refractivity contribution >= 4 is 22.5 Å². The van der Waals surface area contributed by atoms with Crippen LogP contribution >= 0.6 is 11.3 Å². The molecule has 0 aliphatic carbocycles. The minimum absolute atomic E-state index is 0.00136. The fraction of sp³-hybridized carbons (Fsp3) is 0.357. The van der Waals surface area contributed by atoms with E-state index < -0.39 is 0 Å². The zero-order valence-corrected chi connectivity index (χ0v) is 12.6. The highest BCUT2D eigenvalue weighted by atomic mass is 32.1. The second kappa shape index (κ2) is 7.70. The van der Waals surface area contributed by atoms with Gasteiger partial charge in [0.1, 0.15) is 5.01 Å². The molecule has 0 radical (unpaired) electrons. The number of carbonyl (C=O) groups is 1. The number of rotatable bonds is 6. The largest absolute Gasteiger partial charge is 0.396 e. The molecule has 0 aliphatic heterocycles. The quantitative estimate of drug-likeness (QED) is 0.764. The number of aryl methyl sites for hydroxylation is 1. The van der Waals surface area contributed by atoms with Gasteiger partial charge in [-0.3, -0.25) is 5.32 Å². The second-order valence-electron chi connectivity index (χ2n) is 4.43. The van der Waals surface area contributed by atoms with Gasteiger partial charge in [0.2, 0.25) is 5.13 Å². The number of hydrogen-bond acceptors (Lipinski definition) is 5. The van der Waals surface area contributed by atoms with Crippen molar-refractivity contribution in [3.8, 4) is 0 Å². The van der Waals surface area contributed by atoms with Crippen LogP contribution in [0.15, 0.2) is 30.3 Å². The van der Waals surface area contributed by atoms with Crippen LogP contribution in [0.4, 0.5) is 9.93 Å². The molecule has 2 amide bonds. The summed E-state index contributed by atoms with van der Waals surface area (Å²) in [6.07, 6.45) is 1.24. The maximum absolute atomic E-state index is 12.0. The number of carbonyl (C=O) groups excluding carboxylic acids is 1. The van der Waals surface area contributed by atoms with E-state index >= 15 is 0 Å². The van der Waals surface area contributed by atoms with Crippen LogP contribution in [0.5, 0.6) is 0 Å². The van der Waals surface area contributed by atoms with Crippen LogP contribution in [0.25, 0.3) is 0 Å². The lowest BCUT2D eigenvalue weighted by Crippen LogP contribution is -2.33. The lowest BCUT2D eigenvalue weighted by Gasteiger charge is -2.18. The molecule has 2 aromatic rings. The van der Waals surface area contributed by atoms with Gasteiger partial charge >= 0.3 is 6.03 Å². The fourth-order valence-electron chi connectivity index (χ4n) is 1.88. The number of nitrogens with zero attached hydrogens (tertiary/aromatic N) is 2. The van der Waals surface area contributed by atoms with Crippen LogP contribution in [0.1, 0.15) is 30.0 Å². The summed E-state index contributed by atoms with van der Waals surface area (Å²) in [5, 5.41) is 23.8. The van der Waals surface area contributed by atoms with Gasteiger partial charge in [0.25, 0.3) is 0 Å². The number of nitrogens with one attached hydrogen (secondary N) is 2. The summed E-state index contributed by atoms with van der Waals surface area (Å²) >= 11 is 1.35. The van der Waals surface area contributed by atoms with Gasteiger partial charge in [-0.15, -0.1) is 10.2 Å². The van der Waals surface area contributed by atoms with Gasteiger partial charge in [-0.25, -0.2) is 4.79 Å². The lowest BCUT2D eigenvalue weighted by molar-refractivity contribution is 0.239. The topological polar surface area (TPSA) is 87.1 Å². The molecule has 1 atom stereocenters. The number of aliphatic hydroxyl groups is 1. The second-order valence-corrected chi connectivity index (χ2v) is 5.49. The van der Waals surface area contributed by atoms with E-state index in [2.05, 4.69) is 20.8 Å². The summed E-state index contributed by atoms with van der Waals surface area (Å²) in [6, 6.07) is 8.95. The number of anilines is 1. The average molecular weight is 306 g/mol. The van der Waals surface area contributed by atoms with Gasteiger partial charge in [0.15, 0.2) is 0 Å². The van der Waals surface area contributed by atoms with Crippen molar-refractivity contribution < 1.29 is 9.90 Å². The van der Waals surface area contributed by atoms with E-state index in [0.29, 0.717) is 11.6 Å². The van der Waals surface area contributed by atoms with Crippen LogP contribution in [-0.2, 0) is 6.42 Å². The Hall–Kier alpha value is -1.99. The van der Waals surface area contributed by atoms with Crippen molar-refractivity contribution in [2.24, 2.45) is 0 Å². The van der Waals surface area contributed by atoms with E-state index in [1.807, 2.05) is 37.3 Å². The highest BCUT2D eigenvalue weighted by molar-refractivity contribution is 7.15. The Morgan fingerprint density at radius 3 is 2.71 bits per heavy atom. The Bertz CT molecular complexity index is 573. The molecule has 21 heavy (non-hydrogen) atoms. The summed E-state index contributed by atoms with van der Waals surface area (Å²) in [6.45, 7) is 1.98. The fourth-order valence-corrected chi connectivity index (χ4v) is 2.55. The average Bonchev–Trinajstić information content (AvgIpc) is 2.95. The predicted molar refractivity (Wildman–Crippen MR) is 82.3 cm³/mol. The van der Waals surface area contributed by atoms with Crippen LogP contribution in [-0.4, -0.2) is 27.9 Å².